The number of quaternary nitrogens is 1. The van der Waals surface area contributed by atoms with Gasteiger partial charge in [0.05, 0.1) is 24.2 Å². The summed E-state index contributed by atoms with van der Waals surface area (Å²) in [6.07, 6.45) is 14.3. The number of allylic oxidation sites excluding steroid dienone is 4. The van der Waals surface area contributed by atoms with Crippen molar-refractivity contribution in [2.24, 2.45) is 0 Å². The van der Waals surface area contributed by atoms with E-state index in [9.17, 15) is 10.1 Å². The molecule has 0 amide bonds. The second-order valence-electron chi connectivity index (χ2n) is 10.2. The summed E-state index contributed by atoms with van der Waals surface area (Å²) >= 11 is 0. The first-order valence-electron chi connectivity index (χ1n) is 13.8. The maximum atomic E-state index is 11.0. The fourth-order valence-electron chi connectivity index (χ4n) is 5.10. The highest BCUT2D eigenvalue weighted by atomic mass is 16.5. The fraction of sp³-hybridized carbons (Fsp3) is 0.500. The minimum atomic E-state index is -0.260. The lowest BCUT2D eigenvalue weighted by atomic mass is 9.72. The maximum absolute atomic E-state index is 11.0. The molecule has 0 fully saturated rings. The van der Waals surface area contributed by atoms with Gasteiger partial charge in [-0.25, -0.2) is 0 Å². The van der Waals surface area contributed by atoms with Gasteiger partial charge in [-0.2, -0.15) is 5.26 Å². The van der Waals surface area contributed by atoms with E-state index in [2.05, 4.69) is 68.8 Å². The fourth-order valence-corrected chi connectivity index (χ4v) is 5.10. The zero-order valence-electron chi connectivity index (χ0n) is 23.6. The maximum Gasteiger partial charge on any atom is 0.214 e. The summed E-state index contributed by atoms with van der Waals surface area (Å²) in [4.78, 5) is 13.1. The Bertz CT molecular complexity index is 1060. The van der Waals surface area contributed by atoms with Crippen LogP contribution in [-0.2, 0) is 14.9 Å². The molecule has 1 aromatic rings. The number of ether oxygens (including phenoxy) is 1. The molecule has 1 heterocycles. The molecule has 1 aliphatic rings. The number of carbonyl (C=O) groups is 1. The normalized spacial score (nSPS) is 16.5. The molecule has 1 aromatic carbocycles. The van der Waals surface area contributed by atoms with Crippen LogP contribution in [0.1, 0.15) is 90.2 Å². The Morgan fingerprint density at radius 3 is 2.65 bits per heavy atom. The standard InChI is InChI=1S/C32H45N3O2/c1-7-11-12-13-18-32(6,27-22-25(5)16-17-28(27)34-19-14-21-36)23-26(24-33)31-35(20-9-3)29(10-4)30(37-31)15-8-2/h8,10,15-17,21-22,34H,4,7,9,11-14,18-20,23H2,1-3,5-6H3/p+1/b15-8-,31-26+. The molecule has 2 rings (SSSR count). The summed E-state index contributed by atoms with van der Waals surface area (Å²) in [7, 11) is 0. The topological polar surface area (TPSA) is 69.9 Å². The van der Waals surface area contributed by atoms with Gasteiger partial charge in [-0.15, -0.1) is 0 Å². The molecule has 1 aliphatic heterocycles. The Labute approximate surface area is 224 Å². The van der Waals surface area contributed by atoms with Crippen molar-refractivity contribution in [2.45, 2.75) is 91.4 Å². The Morgan fingerprint density at radius 2 is 2.03 bits per heavy atom. The molecule has 0 aliphatic carbocycles. The number of nitrogens with two attached hydrogens (primary N) is 1. The van der Waals surface area contributed by atoms with Crippen LogP contribution in [-0.4, -0.2) is 24.3 Å². The van der Waals surface area contributed by atoms with Gasteiger partial charge >= 0.3 is 0 Å². The highest BCUT2D eigenvalue weighted by Gasteiger charge is 2.36. The first-order valence-corrected chi connectivity index (χ1v) is 13.8. The van der Waals surface area contributed by atoms with Crippen LogP contribution in [0.2, 0.25) is 0 Å². The third-order valence-corrected chi connectivity index (χ3v) is 7.00. The summed E-state index contributed by atoms with van der Waals surface area (Å²) in [6, 6.07) is 9.08. The average molecular weight is 505 g/mol. The number of nitrogens with zero attached hydrogens (tertiary/aromatic N) is 2. The molecule has 1 unspecified atom stereocenters. The van der Waals surface area contributed by atoms with Crippen molar-refractivity contribution in [1.29, 1.82) is 5.26 Å². The van der Waals surface area contributed by atoms with Crippen molar-refractivity contribution in [3.63, 3.8) is 0 Å². The van der Waals surface area contributed by atoms with Crippen molar-refractivity contribution in [3.05, 3.63) is 77.0 Å². The van der Waals surface area contributed by atoms with E-state index >= 15 is 0 Å². The summed E-state index contributed by atoms with van der Waals surface area (Å²) in [6.45, 7) is 16.2. The van der Waals surface area contributed by atoms with E-state index in [1.165, 1.54) is 30.4 Å². The third-order valence-electron chi connectivity index (χ3n) is 7.00. The highest BCUT2D eigenvalue weighted by molar-refractivity contribution is 5.50. The average Bonchev–Trinajstić information content (AvgIpc) is 3.23. The van der Waals surface area contributed by atoms with Crippen LogP contribution in [0, 0.1) is 18.3 Å². The van der Waals surface area contributed by atoms with Crippen LogP contribution in [0.15, 0.2) is 65.9 Å². The molecule has 0 saturated heterocycles. The van der Waals surface area contributed by atoms with Gasteiger partial charge in [-0.3, -0.25) is 0 Å². The van der Waals surface area contributed by atoms with Gasteiger partial charge in [0.1, 0.15) is 18.0 Å². The zero-order valence-corrected chi connectivity index (χ0v) is 23.6. The van der Waals surface area contributed by atoms with Gasteiger partial charge in [0.15, 0.2) is 5.76 Å². The Morgan fingerprint density at radius 1 is 1.24 bits per heavy atom. The molecule has 0 radical (unpaired) electrons. The number of nitriles is 1. The largest absolute Gasteiger partial charge is 0.438 e. The van der Waals surface area contributed by atoms with Crippen molar-refractivity contribution in [3.8, 4) is 6.07 Å². The monoisotopic (exact) mass is 504 g/mol. The van der Waals surface area contributed by atoms with Gasteiger partial charge in [0.25, 0.3) is 0 Å². The quantitative estimate of drug-likeness (QED) is 0.116. The minimum Gasteiger partial charge on any atom is -0.438 e. The summed E-state index contributed by atoms with van der Waals surface area (Å²) < 4.78 is 6.34. The first kappa shape index (κ1) is 30.1. The number of aldehydes is 1. The smallest absolute Gasteiger partial charge is 0.214 e. The molecule has 0 saturated carbocycles. The SMILES string of the molecule is C=CC1=C(/C=C\C)O/C(=C(/C#N)CC(C)(CCCCCC)c2cc(C)ccc2[NH2+]CCC=O)N1CCC. The van der Waals surface area contributed by atoms with Crippen LogP contribution in [0.25, 0.3) is 0 Å². The van der Waals surface area contributed by atoms with Crippen molar-refractivity contribution in [1.82, 2.24) is 4.90 Å². The van der Waals surface area contributed by atoms with Gasteiger partial charge < -0.3 is 19.7 Å². The summed E-state index contributed by atoms with van der Waals surface area (Å²) in [5.74, 6) is 1.36. The van der Waals surface area contributed by atoms with Crippen LogP contribution < -0.4 is 5.32 Å². The number of aryl methyl sites for hydroxylation is 1. The Kier molecular flexibility index (Phi) is 12.4. The zero-order chi connectivity index (χ0) is 27.3. The molecule has 0 spiro atoms. The van der Waals surface area contributed by atoms with E-state index in [1.54, 1.807) is 0 Å². The molecule has 200 valence electrons. The van der Waals surface area contributed by atoms with Crippen LogP contribution in [0.5, 0.6) is 0 Å². The number of rotatable bonds is 16. The predicted molar refractivity (Wildman–Crippen MR) is 152 cm³/mol. The van der Waals surface area contributed by atoms with Crippen LogP contribution >= 0.6 is 0 Å². The van der Waals surface area contributed by atoms with E-state index in [0.717, 1.165) is 49.2 Å². The molecule has 2 N–H and O–H groups in total. The predicted octanol–water partition coefficient (Wildman–Crippen LogP) is 6.85. The number of hydrogen-bond donors (Lipinski definition) is 1. The number of unbranched alkanes of at least 4 members (excludes halogenated alkanes) is 3. The van der Waals surface area contributed by atoms with Crippen molar-refractivity contribution >= 4 is 12.0 Å². The van der Waals surface area contributed by atoms with Gasteiger partial charge in [-0.05, 0) is 57.4 Å². The van der Waals surface area contributed by atoms with E-state index in [0.29, 0.717) is 30.8 Å². The molecule has 37 heavy (non-hydrogen) atoms. The van der Waals surface area contributed by atoms with Crippen LogP contribution in [0.4, 0.5) is 5.69 Å². The highest BCUT2D eigenvalue weighted by Crippen LogP contribution is 2.42. The van der Waals surface area contributed by atoms with Crippen LogP contribution in [0.3, 0.4) is 0 Å². The molecule has 5 heteroatoms. The second-order valence-corrected chi connectivity index (χ2v) is 10.2. The van der Waals surface area contributed by atoms with Gasteiger partial charge in [0.2, 0.25) is 5.88 Å². The van der Waals surface area contributed by atoms with Crippen molar-refractivity contribution in [2.75, 3.05) is 13.1 Å². The van der Waals surface area contributed by atoms with E-state index < -0.39 is 0 Å². The lowest BCUT2D eigenvalue weighted by Gasteiger charge is -2.32. The number of hydrogen-bond acceptors (Lipinski definition) is 4. The first-order chi connectivity index (χ1) is 17.9. The van der Waals surface area contributed by atoms with Gasteiger partial charge in [0, 0.05) is 17.5 Å². The molecule has 0 aromatic heterocycles. The Balaban J connectivity index is 2.59. The van der Waals surface area contributed by atoms with E-state index in [-0.39, 0.29) is 5.41 Å². The van der Waals surface area contributed by atoms with Crippen molar-refractivity contribution < 1.29 is 14.8 Å². The molecule has 1 atom stereocenters. The second kappa shape index (κ2) is 15.2. The number of benzene rings is 1. The number of carbonyl (C=O) groups excluding carboxylic acids is 1. The molecule has 0 bridgehead atoms. The third kappa shape index (κ3) is 7.94. The summed E-state index contributed by atoms with van der Waals surface area (Å²) in [5.41, 5.74) is 4.91. The van der Waals surface area contributed by atoms with Gasteiger partial charge in [-0.1, -0.05) is 70.7 Å². The lowest BCUT2D eigenvalue weighted by Crippen LogP contribution is -2.78. The van der Waals surface area contributed by atoms with E-state index in [4.69, 9.17) is 4.74 Å². The summed E-state index contributed by atoms with van der Waals surface area (Å²) in [5, 5.41) is 12.6. The molecular formula is C32H46N3O2+. The molecule has 5 nitrogen and oxygen atoms in total. The lowest BCUT2D eigenvalue weighted by molar-refractivity contribution is -0.570. The molecular weight excluding hydrogens is 458 g/mol. The Hall–Kier alpha value is -3.10. The van der Waals surface area contributed by atoms with E-state index in [1.807, 2.05) is 25.2 Å². The minimum absolute atomic E-state index is 0.260.